The zero-order chi connectivity index (χ0) is 20.0. The van der Waals surface area contributed by atoms with Crippen molar-refractivity contribution in [2.45, 2.75) is 31.3 Å². The highest BCUT2D eigenvalue weighted by Gasteiger charge is 2.22. The number of hydrogen-bond donors (Lipinski definition) is 0. The molecule has 144 valence electrons. The van der Waals surface area contributed by atoms with Crippen molar-refractivity contribution in [1.82, 2.24) is 0 Å². The fourth-order valence-corrected chi connectivity index (χ4v) is 4.38. The molecule has 0 unspecified atom stereocenters. The molecule has 0 atom stereocenters. The molecule has 0 amide bonds. The molecule has 3 rings (SSSR count). The summed E-state index contributed by atoms with van der Waals surface area (Å²) >= 11 is 0. The second-order valence-electron chi connectivity index (χ2n) is 6.69. The molecule has 0 saturated carbocycles. The van der Waals surface area contributed by atoms with Gasteiger partial charge in [0.1, 0.15) is 0 Å². The Morgan fingerprint density at radius 1 is 0.857 bits per heavy atom. The minimum atomic E-state index is -3.89. The third-order valence-electron chi connectivity index (χ3n) is 4.69. The van der Waals surface area contributed by atoms with Crippen LogP contribution in [0.5, 0.6) is 0 Å². The van der Waals surface area contributed by atoms with E-state index in [2.05, 4.69) is 6.58 Å². The molecule has 0 aliphatic carbocycles. The van der Waals surface area contributed by atoms with Gasteiger partial charge in [-0.15, -0.1) is 6.58 Å². The largest absolute Gasteiger partial charge is 0.297 e. The predicted octanol–water partition coefficient (Wildman–Crippen LogP) is 5.22. The van der Waals surface area contributed by atoms with Crippen LogP contribution in [0.2, 0.25) is 0 Å². The average molecular weight is 393 g/mol. The summed E-state index contributed by atoms with van der Waals surface area (Å²) in [6.45, 7) is 5.83. The Labute approximate surface area is 167 Å². The summed E-state index contributed by atoms with van der Waals surface area (Å²) < 4.78 is 31.3. The van der Waals surface area contributed by atoms with Crippen LogP contribution in [-0.2, 0) is 33.7 Å². The lowest BCUT2D eigenvalue weighted by molar-refractivity contribution is 0.307. The number of aryl methyl sites for hydroxylation is 1. The fourth-order valence-electron chi connectivity index (χ4n) is 3.22. The van der Waals surface area contributed by atoms with Crippen molar-refractivity contribution in [2.24, 2.45) is 0 Å². The van der Waals surface area contributed by atoms with Gasteiger partial charge >= 0.3 is 0 Å². The smallest absolute Gasteiger partial charge is 0.262 e. The van der Waals surface area contributed by atoms with Gasteiger partial charge in [-0.05, 0) is 53.6 Å². The first-order valence-corrected chi connectivity index (χ1v) is 10.6. The van der Waals surface area contributed by atoms with Crippen LogP contribution in [0.25, 0.3) is 0 Å². The van der Waals surface area contributed by atoms with Crippen LogP contribution in [-0.4, -0.2) is 8.42 Å². The Morgan fingerprint density at radius 2 is 1.46 bits per heavy atom. The number of rotatable bonds is 8. The molecule has 0 saturated heterocycles. The van der Waals surface area contributed by atoms with Gasteiger partial charge in [-0.2, -0.15) is 8.42 Å². The molecule has 0 spiro atoms. The topological polar surface area (TPSA) is 43.4 Å². The first-order chi connectivity index (χ1) is 13.5. The van der Waals surface area contributed by atoms with Crippen LogP contribution in [0.3, 0.4) is 0 Å². The highest BCUT2D eigenvalue weighted by atomic mass is 32.2. The maximum absolute atomic E-state index is 13.0. The van der Waals surface area contributed by atoms with Crippen molar-refractivity contribution in [3.63, 3.8) is 0 Å². The van der Waals surface area contributed by atoms with Gasteiger partial charge in [-0.3, -0.25) is 4.18 Å². The molecule has 0 fully saturated rings. The monoisotopic (exact) mass is 392 g/mol. The standard InChI is InChI=1S/C24H24O3S/c1-3-10-22-23(17-20-11-6-4-7-12-20)19(2)15-16-24(22)28(25,26)27-18-21-13-8-5-9-14-21/h3-9,11-16H,1,10,17-18H2,2H3. The van der Waals surface area contributed by atoms with Crippen molar-refractivity contribution in [1.29, 1.82) is 0 Å². The van der Waals surface area contributed by atoms with E-state index in [1.807, 2.05) is 73.7 Å². The van der Waals surface area contributed by atoms with Crippen LogP contribution in [0.15, 0.2) is 90.3 Å². The highest BCUT2D eigenvalue weighted by Crippen LogP contribution is 2.28. The lowest BCUT2D eigenvalue weighted by atomic mass is 9.94. The van der Waals surface area contributed by atoms with Gasteiger partial charge in [0.05, 0.1) is 11.5 Å². The molecular formula is C24H24O3S. The van der Waals surface area contributed by atoms with E-state index in [4.69, 9.17) is 4.18 Å². The molecule has 0 aliphatic heterocycles. The van der Waals surface area contributed by atoms with Crippen LogP contribution < -0.4 is 0 Å². The summed E-state index contributed by atoms with van der Waals surface area (Å²) in [6.07, 6.45) is 2.87. The highest BCUT2D eigenvalue weighted by molar-refractivity contribution is 7.86. The van der Waals surface area contributed by atoms with Gasteiger partial charge in [0.2, 0.25) is 0 Å². The molecule has 0 radical (unpaired) electrons. The minimum Gasteiger partial charge on any atom is -0.262 e. The van der Waals surface area contributed by atoms with Crippen molar-refractivity contribution in [3.05, 3.63) is 113 Å². The molecule has 28 heavy (non-hydrogen) atoms. The van der Waals surface area contributed by atoms with E-state index in [1.54, 1.807) is 12.1 Å². The van der Waals surface area contributed by atoms with Crippen LogP contribution in [0, 0.1) is 6.92 Å². The second kappa shape index (κ2) is 9.00. The van der Waals surface area contributed by atoms with E-state index in [0.717, 1.165) is 27.8 Å². The van der Waals surface area contributed by atoms with Gasteiger partial charge in [-0.25, -0.2) is 0 Å². The molecular weight excluding hydrogens is 368 g/mol. The normalized spacial score (nSPS) is 11.3. The molecule has 0 N–H and O–H groups in total. The van der Waals surface area contributed by atoms with Gasteiger partial charge < -0.3 is 0 Å². The van der Waals surface area contributed by atoms with Gasteiger partial charge in [0.15, 0.2) is 0 Å². The lowest BCUT2D eigenvalue weighted by Crippen LogP contribution is -2.12. The number of allylic oxidation sites excluding steroid dienone is 1. The Hall–Kier alpha value is -2.69. The van der Waals surface area contributed by atoms with Crippen molar-refractivity contribution < 1.29 is 12.6 Å². The summed E-state index contributed by atoms with van der Waals surface area (Å²) in [5.41, 5.74) is 4.77. The maximum atomic E-state index is 13.0. The molecule has 0 aliphatic rings. The van der Waals surface area contributed by atoms with Crippen LogP contribution in [0.1, 0.15) is 27.8 Å². The van der Waals surface area contributed by atoms with Gasteiger partial charge in [-0.1, -0.05) is 72.8 Å². The van der Waals surface area contributed by atoms with E-state index in [9.17, 15) is 8.42 Å². The first kappa shape index (κ1) is 20.1. The second-order valence-corrected chi connectivity index (χ2v) is 8.28. The Kier molecular flexibility index (Phi) is 6.45. The number of benzene rings is 3. The quantitative estimate of drug-likeness (QED) is 0.390. The van der Waals surface area contributed by atoms with E-state index in [1.165, 1.54) is 0 Å². The van der Waals surface area contributed by atoms with Crippen LogP contribution >= 0.6 is 0 Å². The van der Waals surface area contributed by atoms with Crippen molar-refractivity contribution in [2.75, 3.05) is 0 Å². The molecule has 3 nitrogen and oxygen atoms in total. The minimum absolute atomic E-state index is 0.0125. The van der Waals surface area contributed by atoms with Crippen molar-refractivity contribution in [3.8, 4) is 0 Å². The predicted molar refractivity (Wildman–Crippen MR) is 113 cm³/mol. The SMILES string of the molecule is C=CCc1c(S(=O)(=O)OCc2ccccc2)ccc(C)c1Cc1ccccc1. The lowest BCUT2D eigenvalue weighted by Gasteiger charge is -2.17. The van der Waals surface area contributed by atoms with E-state index < -0.39 is 10.1 Å². The third-order valence-corrected chi connectivity index (χ3v) is 6.04. The average Bonchev–Trinajstić information content (AvgIpc) is 2.71. The third kappa shape index (κ3) is 4.77. The van der Waals surface area contributed by atoms with Gasteiger partial charge in [0.25, 0.3) is 10.1 Å². The molecule has 3 aromatic carbocycles. The van der Waals surface area contributed by atoms with E-state index >= 15 is 0 Å². The first-order valence-electron chi connectivity index (χ1n) is 9.21. The molecule has 0 aromatic heterocycles. The summed E-state index contributed by atoms with van der Waals surface area (Å²) in [6, 6.07) is 22.8. The van der Waals surface area contributed by atoms with Crippen molar-refractivity contribution >= 4 is 10.1 Å². The summed E-state index contributed by atoms with van der Waals surface area (Å²) in [4.78, 5) is 0.222. The summed E-state index contributed by atoms with van der Waals surface area (Å²) in [5, 5.41) is 0. The summed E-state index contributed by atoms with van der Waals surface area (Å²) in [7, 11) is -3.89. The van der Waals surface area contributed by atoms with Gasteiger partial charge in [0, 0.05) is 0 Å². The zero-order valence-electron chi connectivity index (χ0n) is 16.0. The Balaban J connectivity index is 1.97. The number of hydrogen-bond acceptors (Lipinski definition) is 3. The Morgan fingerprint density at radius 3 is 2.07 bits per heavy atom. The fraction of sp³-hybridized carbons (Fsp3) is 0.167. The zero-order valence-corrected chi connectivity index (χ0v) is 16.8. The van der Waals surface area contributed by atoms with E-state index in [0.29, 0.717) is 12.8 Å². The molecule has 4 heteroatoms. The maximum Gasteiger partial charge on any atom is 0.297 e. The molecule has 3 aromatic rings. The van der Waals surface area contributed by atoms with E-state index in [-0.39, 0.29) is 11.5 Å². The molecule has 0 bridgehead atoms. The molecule has 0 heterocycles. The Bertz CT molecular complexity index is 1040. The van der Waals surface area contributed by atoms with Crippen LogP contribution in [0.4, 0.5) is 0 Å². The summed E-state index contributed by atoms with van der Waals surface area (Å²) in [5.74, 6) is 0.